The maximum atomic E-state index is 6.30. The molecule has 0 aromatic carbocycles. The summed E-state index contributed by atoms with van der Waals surface area (Å²) in [5.41, 5.74) is 7.42. The Hall–Kier alpha value is -0.120. The van der Waals surface area contributed by atoms with Gasteiger partial charge in [0.05, 0.1) is 0 Å². The minimum absolute atomic E-state index is 0.229. The van der Waals surface area contributed by atoms with E-state index in [1.807, 2.05) is 0 Å². The van der Waals surface area contributed by atoms with Gasteiger partial charge in [-0.2, -0.15) is 0 Å². The lowest BCUT2D eigenvalue weighted by atomic mass is 9.74. The van der Waals surface area contributed by atoms with Crippen LogP contribution in [-0.4, -0.2) is 55.1 Å². The molecule has 0 spiro atoms. The van der Waals surface area contributed by atoms with Gasteiger partial charge in [0.2, 0.25) is 0 Å². The zero-order valence-corrected chi connectivity index (χ0v) is 15.0. The van der Waals surface area contributed by atoms with Crippen molar-refractivity contribution in [1.29, 1.82) is 0 Å². The minimum atomic E-state index is 0.229. The van der Waals surface area contributed by atoms with E-state index in [4.69, 9.17) is 5.73 Å². The van der Waals surface area contributed by atoms with Crippen molar-refractivity contribution in [3.63, 3.8) is 0 Å². The zero-order chi connectivity index (χ0) is 15.7. The first kappa shape index (κ1) is 17.2. The van der Waals surface area contributed by atoms with E-state index < -0.39 is 0 Å². The minimum Gasteiger partial charge on any atom is -0.329 e. The number of likely N-dealkylation sites (N-methyl/N-ethyl adjacent to an activating group) is 2. The highest BCUT2D eigenvalue weighted by atomic mass is 15.3. The van der Waals surface area contributed by atoms with Crippen LogP contribution in [0.25, 0.3) is 0 Å². The number of nitrogens with two attached hydrogens (primary N) is 1. The molecule has 0 amide bonds. The van der Waals surface area contributed by atoms with Crippen molar-refractivity contribution in [3.05, 3.63) is 0 Å². The van der Waals surface area contributed by atoms with E-state index in [1.54, 1.807) is 0 Å². The molecule has 0 aromatic heterocycles. The second-order valence-electron chi connectivity index (χ2n) is 8.77. The summed E-state index contributed by atoms with van der Waals surface area (Å²) in [5.74, 6) is 0. The summed E-state index contributed by atoms with van der Waals surface area (Å²) in [7, 11) is 6.82. The van der Waals surface area contributed by atoms with Gasteiger partial charge in [-0.05, 0) is 71.5 Å². The molecule has 3 heteroatoms. The van der Waals surface area contributed by atoms with Gasteiger partial charge >= 0.3 is 0 Å². The Labute approximate surface area is 132 Å². The molecule has 0 aliphatic heterocycles. The summed E-state index contributed by atoms with van der Waals surface area (Å²) in [4.78, 5) is 5.09. The molecule has 0 saturated heterocycles. The molecule has 1 unspecified atom stereocenters. The lowest BCUT2D eigenvalue weighted by Crippen LogP contribution is -2.62. The van der Waals surface area contributed by atoms with Gasteiger partial charge in [0.1, 0.15) is 0 Å². The molecule has 2 N–H and O–H groups in total. The van der Waals surface area contributed by atoms with Crippen molar-refractivity contribution < 1.29 is 0 Å². The summed E-state index contributed by atoms with van der Waals surface area (Å²) < 4.78 is 0. The standard InChI is InChI=1S/C18H37N3/c1-16(2)8-6-9-17(14-19,13-12-16)21(5)15-18(20(3)4)10-7-11-18/h6-15,19H2,1-5H3. The number of rotatable bonds is 5. The van der Waals surface area contributed by atoms with E-state index in [0.29, 0.717) is 11.0 Å². The summed E-state index contributed by atoms with van der Waals surface area (Å²) >= 11 is 0. The molecule has 0 radical (unpaired) electrons. The second kappa shape index (κ2) is 6.17. The molecular formula is C18H37N3. The van der Waals surface area contributed by atoms with Crippen LogP contribution in [0.4, 0.5) is 0 Å². The van der Waals surface area contributed by atoms with Crippen LogP contribution in [0.15, 0.2) is 0 Å². The average Bonchev–Trinajstić information content (AvgIpc) is 2.52. The van der Waals surface area contributed by atoms with Crippen molar-refractivity contribution in [2.75, 3.05) is 34.2 Å². The van der Waals surface area contributed by atoms with Crippen LogP contribution in [0, 0.1) is 5.41 Å². The van der Waals surface area contributed by atoms with Crippen molar-refractivity contribution >= 4 is 0 Å². The van der Waals surface area contributed by atoms with Gasteiger partial charge in [-0.15, -0.1) is 0 Å². The highest BCUT2D eigenvalue weighted by molar-refractivity contribution is 5.02. The van der Waals surface area contributed by atoms with Gasteiger partial charge in [-0.1, -0.05) is 20.3 Å². The van der Waals surface area contributed by atoms with Crippen LogP contribution in [0.5, 0.6) is 0 Å². The summed E-state index contributed by atoms with van der Waals surface area (Å²) in [6.45, 7) is 6.83. The lowest BCUT2D eigenvalue weighted by Gasteiger charge is -2.53. The molecule has 2 rings (SSSR count). The Morgan fingerprint density at radius 3 is 1.86 bits per heavy atom. The molecule has 2 aliphatic carbocycles. The summed E-state index contributed by atoms with van der Waals surface area (Å²) in [6, 6.07) is 0. The zero-order valence-electron chi connectivity index (χ0n) is 15.0. The predicted molar refractivity (Wildman–Crippen MR) is 91.6 cm³/mol. The maximum absolute atomic E-state index is 6.30. The molecule has 1 atom stereocenters. The van der Waals surface area contributed by atoms with E-state index in [-0.39, 0.29) is 5.54 Å². The van der Waals surface area contributed by atoms with E-state index >= 15 is 0 Å². The third-order valence-electron chi connectivity index (χ3n) is 6.72. The second-order valence-corrected chi connectivity index (χ2v) is 8.77. The predicted octanol–water partition coefficient (Wildman–Crippen LogP) is 3.09. The van der Waals surface area contributed by atoms with Crippen molar-refractivity contribution in [1.82, 2.24) is 9.80 Å². The maximum Gasteiger partial charge on any atom is 0.0330 e. The first-order valence-electron chi connectivity index (χ1n) is 8.84. The number of nitrogens with zero attached hydrogens (tertiary/aromatic N) is 2. The van der Waals surface area contributed by atoms with Gasteiger partial charge in [0.15, 0.2) is 0 Å². The third kappa shape index (κ3) is 3.46. The van der Waals surface area contributed by atoms with E-state index in [0.717, 1.165) is 6.54 Å². The van der Waals surface area contributed by atoms with E-state index in [9.17, 15) is 0 Å². The highest BCUT2D eigenvalue weighted by Crippen LogP contribution is 2.43. The molecule has 21 heavy (non-hydrogen) atoms. The van der Waals surface area contributed by atoms with E-state index in [1.165, 1.54) is 57.9 Å². The smallest absolute Gasteiger partial charge is 0.0330 e. The summed E-state index contributed by atoms with van der Waals surface area (Å²) in [5, 5.41) is 0. The van der Waals surface area contributed by atoms with Crippen LogP contribution < -0.4 is 5.73 Å². The van der Waals surface area contributed by atoms with Gasteiger partial charge in [-0.25, -0.2) is 0 Å². The molecule has 3 nitrogen and oxygen atoms in total. The van der Waals surface area contributed by atoms with Gasteiger partial charge < -0.3 is 10.6 Å². The molecule has 2 saturated carbocycles. The largest absolute Gasteiger partial charge is 0.329 e. The lowest BCUT2D eigenvalue weighted by molar-refractivity contribution is -0.0129. The molecule has 0 bridgehead atoms. The molecule has 0 aromatic rings. The van der Waals surface area contributed by atoms with Gasteiger partial charge in [0.25, 0.3) is 0 Å². The fourth-order valence-corrected chi connectivity index (χ4v) is 4.40. The Morgan fingerprint density at radius 2 is 1.38 bits per heavy atom. The van der Waals surface area contributed by atoms with Crippen molar-refractivity contribution in [2.45, 2.75) is 76.3 Å². The fraction of sp³-hybridized carbons (Fsp3) is 1.00. The van der Waals surface area contributed by atoms with Gasteiger partial charge in [-0.3, -0.25) is 4.90 Å². The quantitative estimate of drug-likeness (QED) is 0.791. The van der Waals surface area contributed by atoms with Crippen LogP contribution in [0.2, 0.25) is 0 Å². The Morgan fingerprint density at radius 1 is 0.810 bits per heavy atom. The molecule has 2 fully saturated rings. The van der Waals surface area contributed by atoms with Crippen molar-refractivity contribution in [3.8, 4) is 0 Å². The van der Waals surface area contributed by atoms with Crippen LogP contribution in [0.1, 0.15) is 65.2 Å². The SMILES string of the molecule is CN(C)C1(CN(C)C2(CN)CCCC(C)(C)CC2)CCC1. The molecule has 2 aliphatic rings. The molecule has 0 heterocycles. The molecular weight excluding hydrogens is 258 g/mol. The summed E-state index contributed by atoms with van der Waals surface area (Å²) in [6.07, 6.45) is 10.6. The number of hydrogen-bond donors (Lipinski definition) is 1. The number of hydrogen-bond acceptors (Lipinski definition) is 3. The van der Waals surface area contributed by atoms with Crippen LogP contribution in [0.3, 0.4) is 0 Å². The Bertz CT molecular complexity index is 346. The first-order valence-corrected chi connectivity index (χ1v) is 8.84. The first-order chi connectivity index (χ1) is 9.75. The monoisotopic (exact) mass is 295 g/mol. The third-order valence-corrected chi connectivity index (χ3v) is 6.72. The Balaban J connectivity index is 2.09. The Kier molecular flexibility index (Phi) is 5.07. The van der Waals surface area contributed by atoms with Crippen molar-refractivity contribution in [2.24, 2.45) is 11.1 Å². The highest BCUT2D eigenvalue weighted by Gasteiger charge is 2.45. The normalized spacial score (nSPS) is 32.0. The topological polar surface area (TPSA) is 32.5 Å². The average molecular weight is 296 g/mol. The van der Waals surface area contributed by atoms with Gasteiger partial charge in [0, 0.05) is 24.2 Å². The van der Waals surface area contributed by atoms with E-state index in [2.05, 4.69) is 44.8 Å². The molecule has 124 valence electrons. The van der Waals surface area contributed by atoms with Crippen LogP contribution >= 0.6 is 0 Å². The van der Waals surface area contributed by atoms with Crippen LogP contribution in [-0.2, 0) is 0 Å². The fourth-order valence-electron chi connectivity index (χ4n) is 4.40.